The molecule has 5 rings (SSSR count). The molecule has 9 nitrogen and oxygen atoms in total. The lowest BCUT2D eigenvalue weighted by Gasteiger charge is -2.14. The number of amidine groups is 1. The summed E-state index contributed by atoms with van der Waals surface area (Å²) in [7, 11) is 1.64. The van der Waals surface area contributed by atoms with Crippen molar-refractivity contribution < 1.29 is 14.3 Å². The number of aromatic amines is 1. The minimum Gasteiger partial charge on any atom is -0.491 e. The number of rotatable bonds is 8. The van der Waals surface area contributed by atoms with Crippen LogP contribution in [0.15, 0.2) is 70.5 Å². The largest absolute Gasteiger partial charge is 0.491 e. The maximum Gasteiger partial charge on any atom is 0.320 e. The summed E-state index contributed by atoms with van der Waals surface area (Å²) >= 11 is 0. The van der Waals surface area contributed by atoms with Crippen LogP contribution >= 0.6 is 0 Å². The molecule has 1 aromatic heterocycles. The lowest BCUT2D eigenvalue weighted by molar-refractivity contribution is 0.146. The predicted octanol–water partition coefficient (Wildman–Crippen LogP) is 4.11. The van der Waals surface area contributed by atoms with E-state index in [-0.39, 0.29) is 11.6 Å². The van der Waals surface area contributed by atoms with Gasteiger partial charge in [-0.15, -0.1) is 0 Å². The molecule has 3 aromatic carbocycles. The quantitative estimate of drug-likeness (QED) is 0.308. The summed E-state index contributed by atoms with van der Waals surface area (Å²) in [6.45, 7) is 3.30. The summed E-state index contributed by atoms with van der Waals surface area (Å²) in [6, 6.07) is 19.3. The van der Waals surface area contributed by atoms with E-state index in [4.69, 9.17) is 9.47 Å². The Morgan fingerprint density at radius 1 is 1.05 bits per heavy atom. The monoisotopic (exact) mass is 511 g/mol. The Balaban J connectivity index is 1.49. The van der Waals surface area contributed by atoms with E-state index in [1.165, 1.54) is 0 Å². The molecule has 4 aromatic rings. The van der Waals surface area contributed by atoms with Crippen LogP contribution < -0.4 is 20.9 Å². The summed E-state index contributed by atoms with van der Waals surface area (Å²) in [5.41, 5.74) is 5.32. The zero-order valence-electron chi connectivity index (χ0n) is 21.3. The van der Waals surface area contributed by atoms with Crippen molar-refractivity contribution in [3.8, 4) is 16.9 Å². The minimum absolute atomic E-state index is 0.202. The van der Waals surface area contributed by atoms with Crippen LogP contribution in [-0.2, 0) is 17.6 Å². The summed E-state index contributed by atoms with van der Waals surface area (Å²) < 4.78 is 11.2. The Kier molecular flexibility index (Phi) is 7.46. The van der Waals surface area contributed by atoms with Crippen LogP contribution in [0.1, 0.15) is 23.7 Å². The van der Waals surface area contributed by atoms with E-state index < -0.39 is 0 Å². The number of aliphatic imine (C=N–C) groups is 1. The molecule has 38 heavy (non-hydrogen) atoms. The summed E-state index contributed by atoms with van der Waals surface area (Å²) in [6.07, 6.45) is 1.10. The molecule has 0 spiro atoms. The first-order valence-corrected chi connectivity index (χ1v) is 12.5. The Morgan fingerprint density at radius 3 is 2.71 bits per heavy atom. The standard InChI is InChI=1S/C29H29N5O4/c1-3-30-29(36)32-27-17-20-10-9-19(16-24(20)31-27)23-14-18(8-11-26(23)38-13-12-37-2)15-25-21-6-4-5-7-22(21)28(35)34-33-25/h4-11,14,16H,3,12-13,15,17H2,1-2H3,(H,34,35)(H2,30,31,32,36). The summed E-state index contributed by atoms with van der Waals surface area (Å²) in [4.78, 5) is 28.8. The SMILES string of the molecule is CCNC(=O)NC1=Nc2cc(-c3cc(Cc4n[nH]c(=O)c5ccccc45)ccc3OCCOC)ccc2C1. The zero-order chi connectivity index (χ0) is 26.5. The van der Waals surface area contributed by atoms with Crippen LogP contribution in [0.4, 0.5) is 10.5 Å². The highest BCUT2D eigenvalue weighted by atomic mass is 16.5. The van der Waals surface area contributed by atoms with Crippen LogP contribution in [-0.4, -0.2) is 48.9 Å². The lowest BCUT2D eigenvalue weighted by atomic mass is 9.97. The zero-order valence-corrected chi connectivity index (χ0v) is 21.3. The van der Waals surface area contributed by atoms with E-state index in [0.717, 1.165) is 44.8 Å². The maximum absolute atomic E-state index is 12.2. The predicted molar refractivity (Wildman–Crippen MR) is 147 cm³/mol. The fourth-order valence-electron chi connectivity index (χ4n) is 4.53. The van der Waals surface area contributed by atoms with Crippen LogP contribution in [0.25, 0.3) is 21.9 Å². The van der Waals surface area contributed by atoms with Crippen molar-refractivity contribution >= 4 is 28.3 Å². The molecule has 0 saturated carbocycles. The number of hydrogen-bond donors (Lipinski definition) is 3. The van der Waals surface area contributed by atoms with Crippen LogP contribution in [0.2, 0.25) is 0 Å². The third kappa shape index (κ3) is 5.42. The van der Waals surface area contributed by atoms with Gasteiger partial charge in [-0.05, 0) is 47.9 Å². The summed E-state index contributed by atoms with van der Waals surface area (Å²) in [5, 5.41) is 13.9. The van der Waals surface area contributed by atoms with Crippen molar-refractivity contribution in [3.05, 3.63) is 87.8 Å². The van der Waals surface area contributed by atoms with E-state index >= 15 is 0 Å². The summed E-state index contributed by atoms with van der Waals surface area (Å²) in [5.74, 6) is 1.34. The second kappa shape index (κ2) is 11.3. The van der Waals surface area contributed by atoms with E-state index in [0.29, 0.717) is 43.8 Å². The van der Waals surface area contributed by atoms with Gasteiger partial charge in [0.05, 0.1) is 23.4 Å². The third-order valence-corrected chi connectivity index (χ3v) is 6.34. The molecule has 9 heteroatoms. The highest BCUT2D eigenvalue weighted by Gasteiger charge is 2.19. The topological polar surface area (TPSA) is 118 Å². The number of amides is 2. The molecular weight excluding hydrogens is 482 g/mol. The number of nitrogens with one attached hydrogen (secondary N) is 3. The van der Waals surface area contributed by atoms with E-state index in [9.17, 15) is 9.59 Å². The third-order valence-electron chi connectivity index (χ3n) is 6.34. The number of urea groups is 1. The second-order valence-electron chi connectivity index (χ2n) is 8.96. The van der Waals surface area contributed by atoms with Gasteiger partial charge in [0, 0.05) is 37.4 Å². The van der Waals surface area contributed by atoms with Crippen molar-refractivity contribution in [1.82, 2.24) is 20.8 Å². The van der Waals surface area contributed by atoms with Gasteiger partial charge >= 0.3 is 6.03 Å². The van der Waals surface area contributed by atoms with E-state index in [1.807, 2.05) is 55.5 Å². The van der Waals surface area contributed by atoms with Gasteiger partial charge in [0.2, 0.25) is 0 Å². The Hall–Kier alpha value is -4.50. The molecule has 0 radical (unpaired) electrons. The van der Waals surface area contributed by atoms with Crippen molar-refractivity contribution in [2.45, 2.75) is 19.8 Å². The molecule has 0 saturated heterocycles. The van der Waals surface area contributed by atoms with Gasteiger partial charge in [-0.25, -0.2) is 14.9 Å². The lowest BCUT2D eigenvalue weighted by Crippen LogP contribution is -2.39. The fourth-order valence-corrected chi connectivity index (χ4v) is 4.53. The molecule has 2 amide bonds. The number of benzene rings is 3. The maximum atomic E-state index is 12.2. The number of nitrogens with zero attached hydrogens (tertiary/aromatic N) is 2. The Labute approximate surface area is 219 Å². The van der Waals surface area contributed by atoms with Crippen molar-refractivity contribution in [2.75, 3.05) is 26.9 Å². The van der Waals surface area contributed by atoms with Crippen LogP contribution in [0, 0.1) is 0 Å². The molecule has 3 N–H and O–H groups in total. The molecule has 0 atom stereocenters. The minimum atomic E-state index is -0.260. The van der Waals surface area contributed by atoms with E-state index in [2.05, 4.69) is 31.9 Å². The van der Waals surface area contributed by atoms with Gasteiger partial charge in [0.1, 0.15) is 18.2 Å². The number of fused-ring (bicyclic) bond motifs is 2. The molecule has 2 heterocycles. The fraction of sp³-hybridized carbons (Fsp3) is 0.241. The normalized spacial score (nSPS) is 12.2. The molecule has 0 unspecified atom stereocenters. The van der Waals surface area contributed by atoms with Gasteiger partial charge in [-0.3, -0.25) is 10.1 Å². The molecular formula is C29H29N5O4. The average molecular weight is 512 g/mol. The van der Waals surface area contributed by atoms with Gasteiger partial charge in [0.25, 0.3) is 5.56 Å². The highest BCUT2D eigenvalue weighted by Crippen LogP contribution is 2.37. The first kappa shape index (κ1) is 25.2. The Bertz CT molecular complexity index is 1580. The van der Waals surface area contributed by atoms with Crippen LogP contribution in [0.3, 0.4) is 0 Å². The van der Waals surface area contributed by atoms with E-state index in [1.54, 1.807) is 13.2 Å². The average Bonchev–Trinajstić information content (AvgIpc) is 3.32. The number of carbonyl (C=O) groups is 1. The molecule has 0 bridgehead atoms. The van der Waals surface area contributed by atoms with Gasteiger partial charge < -0.3 is 14.8 Å². The first-order chi connectivity index (χ1) is 18.6. The second-order valence-corrected chi connectivity index (χ2v) is 8.96. The molecule has 0 fully saturated rings. The molecule has 1 aliphatic rings. The number of ether oxygens (including phenoxy) is 2. The van der Waals surface area contributed by atoms with Crippen molar-refractivity contribution in [2.24, 2.45) is 4.99 Å². The number of hydrogen-bond acceptors (Lipinski definition) is 6. The number of carbonyl (C=O) groups excluding carboxylic acids is 1. The van der Waals surface area contributed by atoms with Crippen molar-refractivity contribution in [3.63, 3.8) is 0 Å². The number of methoxy groups -OCH3 is 1. The molecule has 1 aliphatic heterocycles. The van der Waals surface area contributed by atoms with Gasteiger partial charge in [-0.1, -0.05) is 36.4 Å². The van der Waals surface area contributed by atoms with Gasteiger partial charge in [-0.2, -0.15) is 5.10 Å². The number of aromatic nitrogens is 2. The van der Waals surface area contributed by atoms with Crippen molar-refractivity contribution in [1.29, 1.82) is 0 Å². The Morgan fingerprint density at radius 2 is 1.89 bits per heavy atom. The van der Waals surface area contributed by atoms with Crippen LogP contribution in [0.5, 0.6) is 5.75 Å². The first-order valence-electron chi connectivity index (χ1n) is 12.5. The van der Waals surface area contributed by atoms with Gasteiger partial charge in [0.15, 0.2) is 0 Å². The number of H-pyrrole nitrogens is 1. The molecule has 0 aliphatic carbocycles. The smallest absolute Gasteiger partial charge is 0.320 e. The molecule has 194 valence electrons. The highest BCUT2D eigenvalue weighted by molar-refractivity contribution is 6.02.